The first-order valence-electron chi connectivity index (χ1n) is 4.65. The highest BCUT2D eigenvalue weighted by molar-refractivity contribution is 14.0. The molecule has 0 aliphatic heterocycles. The van der Waals surface area contributed by atoms with Crippen LogP contribution in [0.4, 0.5) is 0 Å². The number of hydrogen-bond acceptors (Lipinski definition) is 0. The molecule has 0 spiro atoms. The Bertz CT molecular complexity index is 226. The maximum absolute atomic E-state index is 2.25. The highest BCUT2D eigenvalue weighted by Crippen LogP contribution is 2.03. The molecule has 0 radical (unpaired) electrons. The van der Waals surface area contributed by atoms with E-state index in [1.165, 1.54) is 24.8 Å². The van der Waals surface area contributed by atoms with E-state index in [4.69, 9.17) is 0 Å². The van der Waals surface area contributed by atoms with Crippen molar-refractivity contribution in [1.29, 1.82) is 0 Å². The molecule has 1 aromatic carbocycles. The van der Waals surface area contributed by atoms with E-state index in [0.717, 1.165) is 0 Å². The summed E-state index contributed by atoms with van der Waals surface area (Å²) in [6.07, 6.45) is 8.21. The summed E-state index contributed by atoms with van der Waals surface area (Å²) in [7, 11) is 0. The van der Waals surface area contributed by atoms with Crippen LogP contribution in [0.2, 0.25) is 0 Å². The molecule has 0 nitrogen and oxygen atoms in total. The average molecular weight is 288 g/mol. The van der Waals surface area contributed by atoms with Gasteiger partial charge in [-0.2, -0.15) is 0 Å². The summed E-state index contributed by atoms with van der Waals surface area (Å²) >= 11 is 0. The Balaban J connectivity index is 0.00000144. The van der Waals surface area contributed by atoms with Gasteiger partial charge in [-0.1, -0.05) is 62.2 Å². The first kappa shape index (κ1) is 12.7. The van der Waals surface area contributed by atoms with Crippen LogP contribution < -0.4 is 0 Å². The second-order valence-electron chi connectivity index (χ2n) is 2.96. The van der Waals surface area contributed by atoms with Crippen LogP contribution in [-0.2, 0) is 0 Å². The van der Waals surface area contributed by atoms with Gasteiger partial charge in [0, 0.05) is 0 Å². The van der Waals surface area contributed by atoms with E-state index in [0.29, 0.717) is 0 Å². The summed E-state index contributed by atoms with van der Waals surface area (Å²) in [5.74, 6) is 0. The normalized spacial score (nSPS) is 9.92. The molecule has 72 valence electrons. The molecule has 1 rings (SSSR count). The second kappa shape index (κ2) is 8.30. The van der Waals surface area contributed by atoms with Crippen LogP contribution in [0, 0.1) is 0 Å². The Labute approximate surface area is 98.1 Å². The molecule has 0 bridgehead atoms. The lowest BCUT2D eigenvalue weighted by Gasteiger charge is -1.91. The molecule has 0 amide bonds. The summed E-state index contributed by atoms with van der Waals surface area (Å²) in [6.45, 7) is 2.22. The van der Waals surface area contributed by atoms with Crippen LogP contribution in [0.15, 0.2) is 36.4 Å². The Morgan fingerprint density at radius 3 is 2.46 bits per heavy atom. The monoisotopic (exact) mass is 288 g/mol. The average Bonchev–Trinajstić information content (AvgIpc) is 2.14. The molecule has 1 aromatic rings. The molecule has 13 heavy (non-hydrogen) atoms. The Hall–Kier alpha value is -0.310. The third-order valence-corrected chi connectivity index (χ3v) is 1.83. The summed E-state index contributed by atoms with van der Waals surface area (Å²) in [4.78, 5) is 0. The molecule has 0 aromatic heterocycles. The number of unbranched alkanes of at least 4 members (excludes halogenated alkanes) is 2. The fourth-order valence-electron chi connectivity index (χ4n) is 1.11. The number of benzene rings is 1. The first-order chi connectivity index (χ1) is 5.93. The van der Waals surface area contributed by atoms with Crippen LogP contribution in [-0.4, -0.2) is 0 Å². The maximum Gasteiger partial charge on any atom is -0.0260 e. The van der Waals surface area contributed by atoms with Crippen LogP contribution in [0.1, 0.15) is 31.7 Å². The number of rotatable bonds is 4. The number of hydrogen-bond donors (Lipinski definition) is 0. The minimum Gasteiger partial charge on any atom is -0.107 e. The third-order valence-electron chi connectivity index (χ3n) is 1.83. The Kier molecular flexibility index (Phi) is 8.10. The van der Waals surface area contributed by atoms with Gasteiger partial charge in [-0.25, -0.2) is 0 Å². The summed E-state index contributed by atoms with van der Waals surface area (Å²) in [6, 6.07) is 10.4. The lowest BCUT2D eigenvalue weighted by atomic mass is 10.2. The van der Waals surface area contributed by atoms with Gasteiger partial charge >= 0.3 is 0 Å². The van der Waals surface area contributed by atoms with Gasteiger partial charge in [0.2, 0.25) is 0 Å². The Morgan fingerprint density at radius 1 is 1.15 bits per heavy atom. The van der Waals surface area contributed by atoms with Crippen LogP contribution in [0.25, 0.3) is 6.08 Å². The van der Waals surface area contributed by atoms with Gasteiger partial charge in [-0.3, -0.25) is 0 Å². The molecular formula is C12H17I. The summed E-state index contributed by atoms with van der Waals surface area (Å²) < 4.78 is 0. The topological polar surface area (TPSA) is 0 Å². The zero-order valence-corrected chi connectivity index (χ0v) is 10.4. The summed E-state index contributed by atoms with van der Waals surface area (Å²) in [5, 5.41) is 0. The van der Waals surface area contributed by atoms with Crippen molar-refractivity contribution in [2.24, 2.45) is 0 Å². The van der Waals surface area contributed by atoms with Crippen molar-refractivity contribution in [1.82, 2.24) is 0 Å². The van der Waals surface area contributed by atoms with E-state index in [2.05, 4.69) is 43.3 Å². The van der Waals surface area contributed by atoms with Crippen molar-refractivity contribution in [3.05, 3.63) is 42.0 Å². The lowest BCUT2D eigenvalue weighted by Crippen LogP contribution is -1.69. The molecule has 0 atom stereocenters. The van der Waals surface area contributed by atoms with Crippen LogP contribution in [0.5, 0.6) is 0 Å². The van der Waals surface area contributed by atoms with Crippen molar-refractivity contribution in [3.63, 3.8) is 0 Å². The fraction of sp³-hybridized carbons (Fsp3) is 0.333. The minimum absolute atomic E-state index is 0. The number of allylic oxidation sites excluding steroid dienone is 1. The van der Waals surface area contributed by atoms with E-state index >= 15 is 0 Å². The van der Waals surface area contributed by atoms with E-state index in [1.807, 2.05) is 6.07 Å². The zero-order chi connectivity index (χ0) is 8.65. The minimum atomic E-state index is 0. The van der Waals surface area contributed by atoms with Crippen LogP contribution >= 0.6 is 24.0 Å². The van der Waals surface area contributed by atoms with E-state index in [-0.39, 0.29) is 24.0 Å². The third kappa shape index (κ3) is 5.86. The molecule has 0 fully saturated rings. The number of halogens is 1. The van der Waals surface area contributed by atoms with Gasteiger partial charge in [0.15, 0.2) is 0 Å². The van der Waals surface area contributed by atoms with Gasteiger partial charge in [0.05, 0.1) is 0 Å². The smallest absolute Gasteiger partial charge is 0.0260 e. The molecular weight excluding hydrogens is 271 g/mol. The van der Waals surface area contributed by atoms with Crippen molar-refractivity contribution < 1.29 is 0 Å². The maximum atomic E-state index is 2.25. The molecule has 0 aliphatic carbocycles. The molecule has 0 saturated carbocycles. The molecule has 0 heterocycles. The van der Waals surface area contributed by atoms with Gasteiger partial charge < -0.3 is 0 Å². The quantitative estimate of drug-likeness (QED) is 0.565. The summed E-state index contributed by atoms with van der Waals surface area (Å²) in [5.41, 5.74) is 1.30. The van der Waals surface area contributed by atoms with Gasteiger partial charge in [0.1, 0.15) is 0 Å². The van der Waals surface area contributed by atoms with Crippen molar-refractivity contribution >= 4 is 30.1 Å². The van der Waals surface area contributed by atoms with E-state index < -0.39 is 0 Å². The second-order valence-corrected chi connectivity index (χ2v) is 2.96. The van der Waals surface area contributed by atoms with Gasteiger partial charge in [-0.15, -0.1) is 24.0 Å². The highest BCUT2D eigenvalue weighted by atomic mass is 127. The van der Waals surface area contributed by atoms with Gasteiger partial charge in [-0.05, 0) is 12.0 Å². The van der Waals surface area contributed by atoms with Gasteiger partial charge in [0.25, 0.3) is 0 Å². The molecule has 0 unspecified atom stereocenters. The molecule has 1 heteroatoms. The predicted molar refractivity (Wildman–Crippen MR) is 70.4 cm³/mol. The first-order valence-corrected chi connectivity index (χ1v) is 4.65. The fourth-order valence-corrected chi connectivity index (χ4v) is 1.11. The molecule has 0 saturated heterocycles. The van der Waals surface area contributed by atoms with Crippen molar-refractivity contribution in [2.75, 3.05) is 0 Å². The largest absolute Gasteiger partial charge is 0.107 e. The predicted octanol–water partition coefficient (Wildman–Crippen LogP) is 4.51. The lowest BCUT2D eigenvalue weighted by molar-refractivity contribution is 0.816. The zero-order valence-electron chi connectivity index (χ0n) is 8.07. The van der Waals surface area contributed by atoms with Crippen molar-refractivity contribution in [2.45, 2.75) is 26.2 Å². The van der Waals surface area contributed by atoms with E-state index in [9.17, 15) is 0 Å². The Morgan fingerprint density at radius 2 is 1.85 bits per heavy atom. The van der Waals surface area contributed by atoms with Crippen LogP contribution in [0.3, 0.4) is 0 Å². The standard InChI is InChI=1S/C12H16.HI/c1-2-3-4-6-9-12-10-7-5-8-11-12;/h5-11H,2-4H2,1H3;1H. The SMILES string of the molecule is CCCCC=Cc1ccccc1.I. The van der Waals surface area contributed by atoms with E-state index in [1.54, 1.807) is 0 Å². The highest BCUT2D eigenvalue weighted by Gasteiger charge is 1.81. The molecule has 0 N–H and O–H groups in total. The molecule has 0 aliphatic rings. The van der Waals surface area contributed by atoms with Crippen molar-refractivity contribution in [3.8, 4) is 0 Å².